The van der Waals surface area contributed by atoms with Gasteiger partial charge in [0.25, 0.3) is 0 Å². The van der Waals surface area contributed by atoms with Crippen LogP contribution < -0.4 is 5.32 Å². The van der Waals surface area contributed by atoms with E-state index < -0.39 is 0 Å². The van der Waals surface area contributed by atoms with Crippen molar-refractivity contribution in [3.63, 3.8) is 0 Å². The maximum absolute atomic E-state index is 11.8. The third-order valence-corrected chi connectivity index (χ3v) is 3.77. The average Bonchev–Trinajstić information content (AvgIpc) is 2.50. The lowest BCUT2D eigenvalue weighted by molar-refractivity contribution is -0.113. The molecule has 1 N–H and O–H groups in total. The van der Waals surface area contributed by atoms with Crippen LogP contribution in [0.5, 0.6) is 0 Å². The molecule has 0 spiro atoms. The molecule has 2 rings (SSSR count). The molecule has 0 atom stereocenters. The van der Waals surface area contributed by atoms with Crippen LogP contribution in [0.25, 0.3) is 0 Å². The molecule has 0 bridgehead atoms. The number of hydrogen-bond acceptors (Lipinski definition) is 4. The fraction of sp³-hybridized carbons (Fsp3) is 0.188. The smallest absolute Gasteiger partial charge is 0.235 e. The minimum absolute atomic E-state index is 0.0648. The van der Waals surface area contributed by atoms with Crippen LogP contribution in [0.3, 0.4) is 0 Å². The van der Waals surface area contributed by atoms with Crippen LogP contribution >= 0.6 is 11.8 Å². The highest BCUT2D eigenvalue weighted by atomic mass is 32.2. The lowest BCUT2D eigenvalue weighted by atomic mass is 10.2. The van der Waals surface area contributed by atoms with Crippen molar-refractivity contribution in [1.29, 1.82) is 5.26 Å². The van der Waals surface area contributed by atoms with Crippen molar-refractivity contribution >= 4 is 23.5 Å². The van der Waals surface area contributed by atoms with Crippen molar-refractivity contribution in [2.45, 2.75) is 12.7 Å². The van der Waals surface area contributed by atoms with Crippen LogP contribution in [-0.4, -0.2) is 16.6 Å². The molecule has 0 unspecified atom stereocenters. The van der Waals surface area contributed by atoms with Gasteiger partial charge in [-0.25, -0.2) is 4.98 Å². The minimum atomic E-state index is -0.0648. The van der Waals surface area contributed by atoms with Crippen molar-refractivity contribution in [2.24, 2.45) is 0 Å². The Morgan fingerprint density at radius 1 is 1.29 bits per heavy atom. The number of anilines is 1. The Bertz CT molecular complexity index is 645. The number of carbonyl (C=O) groups is 1. The number of amides is 1. The highest BCUT2D eigenvalue weighted by Gasteiger charge is 2.04. The van der Waals surface area contributed by atoms with Gasteiger partial charge in [0.15, 0.2) is 0 Å². The molecule has 1 amide bonds. The molecule has 21 heavy (non-hydrogen) atoms. The number of hydrogen-bond donors (Lipinski definition) is 1. The van der Waals surface area contributed by atoms with Crippen molar-refractivity contribution in [1.82, 2.24) is 4.98 Å². The maximum atomic E-state index is 11.8. The van der Waals surface area contributed by atoms with Gasteiger partial charge in [0, 0.05) is 11.9 Å². The summed E-state index contributed by atoms with van der Waals surface area (Å²) in [4.78, 5) is 15.9. The maximum Gasteiger partial charge on any atom is 0.235 e. The number of aryl methyl sites for hydroxylation is 1. The van der Waals surface area contributed by atoms with Gasteiger partial charge in [0.05, 0.1) is 17.4 Å². The number of carbonyl (C=O) groups excluding carboxylic acids is 1. The molecule has 106 valence electrons. The summed E-state index contributed by atoms with van der Waals surface area (Å²) in [5.74, 6) is 1.62. The molecule has 0 saturated carbocycles. The van der Waals surface area contributed by atoms with E-state index in [4.69, 9.17) is 5.26 Å². The second-order valence-corrected chi connectivity index (χ2v) is 5.56. The van der Waals surface area contributed by atoms with Crippen LogP contribution in [0.1, 0.15) is 16.7 Å². The van der Waals surface area contributed by atoms with E-state index >= 15 is 0 Å². The lowest BCUT2D eigenvalue weighted by Crippen LogP contribution is -2.15. The molecule has 4 nitrogen and oxygen atoms in total. The van der Waals surface area contributed by atoms with Gasteiger partial charge in [0.2, 0.25) is 5.91 Å². The molecule has 1 aromatic heterocycles. The van der Waals surface area contributed by atoms with E-state index in [-0.39, 0.29) is 5.91 Å². The first kappa shape index (κ1) is 15.1. The van der Waals surface area contributed by atoms with Crippen LogP contribution in [0.4, 0.5) is 5.82 Å². The number of pyridine rings is 1. The van der Waals surface area contributed by atoms with E-state index in [2.05, 4.69) is 16.4 Å². The molecule has 0 aliphatic carbocycles. The quantitative estimate of drug-likeness (QED) is 0.920. The Labute approximate surface area is 128 Å². The first-order chi connectivity index (χ1) is 10.2. The molecular formula is C16H15N3OS. The first-order valence-corrected chi connectivity index (χ1v) is 7.62. The summed E-state index contributed by atoms with van der Waals surface area (Å²) in [6.45, 7) is 1.95. The molecular weight excluding hydrogens is 282 g/mol. The van der Waals surface area contributed by atoms with E-state index in [1.165, 1.54) is 11.8 Å². The van der Waals surface area contributed by atoms with Gasteiger partial charge in [-0.2, -0.15) is 5.26 Å². The largest absolute Gasteiger partial charge is 0.310 e. The Kier molecular flexibility index (Phi) is 5.35. The summed E-state index contributed by atoms with van der Waals surface area (Å²) >= 11 is 1.53. The van der Waals surface area contributed by atoms with E-state index in [9.17, 15) is 4.79 Å². The highest BCUT2D eigenvalue weighted by Crippen LogP contribution is 2.13. The zero-order valence-electron chi connectivity index (χ0n) is 11.7. The zero-order valence-corrected chi connectivity index (χ0v) is 12.5. The molecule has 0 fully saturated rings. The van der Waals surface area contributed by atoms with E-state index in [0.29, 0.717) is 17.1 Å². The van der Waals surface area contributed by atoms with Gasteiger partial charge in [-0.1, -0.05) is 18.2 Å². The van der Waals surface area contributed by atoms with Gasteiger partial charge in [-0.3, -0.25) is 4.79 Å². The second kappa shape index (κ2) is 7.46. The monoisotopic (exact) mass is 297 g/mol. The van der Waals surface area contributed by atoms with Gasteiger partial charge in [-0.05, 0) is 36.2 Å². The molecule has 1 heterocycles. The number of rotatable bonds is 5. The first-order valence-electron chi connectivity index (χ1n) is 6.46. The molecule has 0 saturated heterocycles. The predicted molar refractivity (Wildman–Crippen MR) is 84.9 cm³/mol. The van der Waals surface area contributed by atoms with Crippen LogP contribution in [0.2, 0.25) is 0 Å². The van der Waals surface area contributed by atoms with Crippen molar-refractivity contribution in [3.8, 4) is 6.07 Å². The Morgan fingerprint density at radius 3 is 2.67 bits per heavy atom. The molecule has 2 aromatic rings. The topological polar surface area (TPSA) is 65.8 Å². The molecule has 0 aliphatic rings. The summed E-state index contributed by atoms with van der Waals surface area (Å²) in [5, 5.41) is 11.5. The Hall–Kier alpha value is -2.32. The van der Waals surface area contributed by atoms with Crippen molar-refractivity contribution in [3.05, 3.63) is 59.3 Å². The van der Waals surface area contributed by atoms with E-state index in [1.54, 1.807) is 24.4 Å². The fourth-order valence-corrected chi connectivity index (χ4v) is 2.45. The zero-order chi connectivity index (χ0) is 15.1. The highest BCUT2D eigenvalue weighted by molar-refractivity contribution is 7.99. The van der Waals surface area contributed by atoms with Crippen LogP contribution in [0, 0.1) is 18.3 Å². The van der Waals surface area contributed by atoms with Crippen LogP contribution in [-0.2, 0) is 10.5 Å². The summed E-state index contributed by atoms with van der Waals surface area (Å²) in [7, 11) is 0. The Balaban J connectivity index is 1.76. The molecule has 0 radical (unpaired) electrons. The third-order valence-electron chi connectivity index (χ3n) is 2.76. The summed E-state index contributed by atoms with van der Waals surface area (Å²) in [5.41, 5.74) is 2.80. The number of nitrogens with zero attached hydrogens (tertiary/aromatic N) is 2. The van der Waals surface area contributed by atoms with Crippen LogP contribution in [0.15, 0.2) is 42.6 Å². The van der Waals surface area contributed by atoms with E-state index in [0.717, 1.165) is 16.9 Å². The fourth-order valence-electron chi connectivity index (χ4n) is 1.66. The number of nitrogens with one attached hydrogen (secondary N) is 1. The normalized spacial score (nSPS) is 9.90. The van der Waals surface area contributed by atoms with E-state index in [1.807, 2.05) is 25.1 Å². The standard InChI is InChI=1S/C16H15N3OS/c1-12-2-7-15(18-9-12)19-16(20)11-21-10-14-5-3-13(8-17)4-6-14/h2-7,9H,10-11H2,1H3,(H,18,19,20). The van der Waals surface area contributed by atoms with Gasteiger partial charge < -0.3 is 5.32 Å². The average molecular weight is 297 g/mol. The summed E-state index contributed by atoms with van der Waals surface area (Å²) in [6, 6.07) is 13.2. The molecule has 5 heteroatoms. The molecule has 1 aromatic carbocycles. The SMILES string of the molecule is Cc1ccc(NC(=O)CSCc2ccc(C#N)cc2)nc1. The van der Waals surface area contributed by atoms with Gasteiger partial charge in [0.1, 0.15) is 5.82 Å². The third kappa shape index (κ3) is 4.93. The van der Waals surface area contributed by atoms with Crippen molar-refractivity contribution < 1.29 is 4.79 Å². The second-order valence-electron chi connectivity index (χ2n) is 4.57. The van der Waals surface area contributed by atoms with Crippen molar-refractivity contribution in [2.75, 3.05) is 11.1 Å². The number of thioether (sulfide) groups is 1. The predicted octanol–water partition coefficient (Wildman–Crippen LogP) is 3.13. The summed E-state index contributed by atoms with van der Waals surface area (Å²) < 4.78 is 0. The number of benzene rings is 1. The van der Waals surface area contributed by atoms with Gasteiger partial charge >= 0.3 is 0 Å². The molecule has 0 aliphatic heterocycles. The van der Waals surface area contributed by atoms with Gasteiger partial charge in [-0.15, -0.1) is 11.8 Å². The Morgan fingerprint density at radius 2 is 2.05 bits per heavy atom. The number of aromatic nitrogens is 1. The minimum Gasteiger partial charge on any atom is -0.310 e. The summed E-state index contributed by atoms with van der Waals surface area (Å²) in [6.07, 6.45) is 1.72. The number of nitriles is 1. The lowest BCUT2D eigenvalue weighted by Gasteiger charge is -2.05.